The molecule has 1 saturated carbocycles. The van der Waals surface area contributed by atoms with E-state index in [-0.39, 0.29) is 5.04 Å². The molecule has 1 fully saturated rings. The average Bonchev–Trinajstić information content (AvgIpc) is 3.52. The topological polar surface area (TPSA) is 46.5 Å². The van der Waals surface area contributed by atoms with Crippen molar-refractivity contribution in [1.82, 2.24) is 0 Å². The third-order valence-electron chi connectivity index (χ3n) is 6.69. The lowest BCUT2D eigenvalue weighted by Crippen LogP contribution is -2.67. The van der Waals surface area contributed by atoms with Gasteiger partial charge in [-0.2, -0.15) is 0 Å². The Morgan fingerprint density at radius 2 is 1.35 bits per heavy atom. The molecule has 2 atom stereocenters. The normalized spacial score (nSPS) is 20.9. The zero-order chi connectivity index (χ0) is 22.1. The predicted molar refractivity (Wildman–Crippen MR) is 127 cm³/mol. The van der Waals surface area contributed by atoms with Gasteiger partial charge in [-0.1, -0.05) is 112 Å². The van der Waals surface area contributed by atoms with Gasteiger partial charge in [0.2, 0.25) is 0 Å². The summed E-state index contributed by atoms with van der Waals surface area (Å²) < 4.78 is 7.10. The van der Waals surface area contributed by atoms with Gasteiger partial charge in [-0.05, 0) is 27.4 Å². The van der Waals surface area contributed by atoms with Crippen LogP contribution in [0.2, 0.25) is 5.04 Å². The van der Waals surface area contributed by atoms with Crippen LogP contribution in [0, 0.1) is 5.92 Å². The van der Waals surface area contributed by atoms with Crippen LogP contribution in [0.3, 0.4) is 0 Å². The van der Waals surface area contributed by atoms with Crippen LogP contribution in [0.4, 0.5) is 0 Å². The number of carbonyl (C=O) groups is 1. The molecular weight excluding hydrogens is 400 g/mol. The summed E-state index contributed by atoms with van der Waals surface area (Å²) in [5.41, 5.74) is 0.584. The zero-order valence-electron chi connectivity index (χ0n) is 18.4. The number of hydrogen-bond acceptors (Lipinski definition) is 2. The second-order valence-electron chi connectivity index (χ2n) is 9.57. The Labute approximate surface area is 185 Å². The molecule has 4 rings (SSSR count). The van der Waals surface area contributed by atoms with Crippen LogP contribution in [-0.2, 0) is 14.6 Å². The highest BCUT2D eigenvalue weighted by Crippen LogP contribution is 2.55. The van der Waals surface area contributed by atoms with Crippen LogP contribution in [0.25, 0.3) is 0 Å². The molecule has 0 aliphatic heterocycles. The van der Waals surface area contributed by atoms with Crippen molar-refractivity contribution < 1.29 is 14.3 Å². The Bertz CT molecular complexity index is 989. The van der Waals surface area contributed by atoms with Crippen LogP contribution >= 0.6 is 0 Å². The van der Waals surface area contributed by atoms with Gasteiger partial charge in [-0.3, -0.25) is 4.79 Å². The Morgan fingerprint density at radius 1 is 0.903 bits per heavy atom. The van der Waals surface area contributed by atoms with E-state index in [9.17, 15) is 9.90 Å². The van der Waals surface area contributed by atoms with Crippen LogP contribution in [0.1, 0.15) is 32.8 Å². The summed E-state index contributed by atoms with van der Waals surface area (Å²) in [6.45, 7) is 7.14. The second-order valence-corrected chi connectivity index (χ2v) is 13.9. The minimum absolute atomic E-state index is 0.138. The fraction of sp³-hybridized carbons (Fsp3) is 0.296. The van der Waals surface area contributed by atoms with Gasteiger partial charge in [0.05, 0.1) is 5.92 Å². The number of hydrogen-bond donors (Lipinski definition) is 1. The van der Waals surface area contributed by atoms with E-state index in [0.29, 0.717) is 13.0 Å². The summed E-state index contributed by atoms with van der Waals surface area (Å²) in [5, 5.41) is 12.1. The van der Waals surface area contributed by atoms with E-state index in [1.54, 1.807) is 0 Å². The summed E-state index contributed by atoms with van der Waals surface area (Å²) in [6.07, 6.45) is 0.616. The van der Waals surface area contributed by atoms with Gasteiger partial charge < -0.3 is 9.53 Å². The molecule has 0 radical (unpaired) electrons. The van der Waals surface area contributed by atoms with E-state index in [1.807, 2.05) is 42.5 Å². The van der Waals surface area contributed by atoms with Crippen molar-refractivity contribution in [2.75, 3.05) is 6.61 Å². The molecule has 0 saturated heterocycles. The van der Waals surface area contributed by atoms with Gasteiger partial charge in [0, 0.05) is 12.0 Å². The standard InChI is InChI=1S/C27H30O3Si/c1-26(2,3)31(22-15-9-5-10-16-22,23-17-11-6-12-18-23)30-20-27(19-24(27)25(28)29)21-13-7-4-8-14-21/h4-18,24H,19-20H2,1-3H3,(H,28,29)/t24-,27+/m0/s1. The molecule has 0 unspecified atom stereocenters. The largest absolute Gasteiger partial charge is 0.481 e. The Morgan fingerprint density at radius 3 is 1.74 bits per heavy atom. The summed E-state index contributed by atoms with van der Waals surface area (Å²) in [5.74, 6) is -1.15. The van der Waals surface area contributed by atoms with Crippen molar-refractivity contribution >= 4 is 24.7 Å². The molecule has 1 N–H and O–H groups in total. The molecule has 4 heteroatoms. The van der Waals surface area contributed by atoms with Gasteiger partial charge >= 0.3 is 5.97 Å². The molecule has 0 aromatic heterocycles. The van der Waals surface area contributed by atoms with E-state index in [1.165, 1.54) is 10.4 Å². The first-order valence-corrected chi connectivity index (χ1v) is 12.8. The van der Waals surface area contributed by atoms with Crippen LogP contribution in [-0.4, -0.2) is 26.0 Å². The van der Waals surface area contributed by atoms with Crippen molar-refractivity contribution in [1.29, 1.82) is 0 Å². The number of carboxylic acids is 1. The van der Waals surface area contributed by atoms with Crippen molar-refractivity contribution in [2.24, 2.45) is 5.92 Å². The van der Waals surface area contributed by atoms with Crippen molar-refractivity contribution in [3.8, 4) is 0 Å². The number of aliphatic carboxylic acids is 1. The Kier molecular flexibility index (Phi) is 5.63. The van der Waals surface area contributed by atoms with E-state index in [2.05, 4.69) is 69.3 Å². The van der Waals surface area contributed by atoms with Crippen molar-refractivity contribution in [3.63, 3.8) is 0 Å². The molecule has 0 heterocycles. The molecule has 3 aromatic carbocycles. The van der Waals surface area contributed by atoms with Gasteiger partial charge in [0.25, 0.3) is 8.32 Å². The lowest BCUT2D eigenvalue weighted by Gasteiger charge is -2.44. The molecule has 31 heavy (non-hydrogen) atoms. The van der Waals surface area contributed by atoms with Gasteiger partial charge in [-0.15, -0.1) is 0 Å². The summed E-state index contributed by atoms with van der Waals surface area (Å²) in [7, 11) is -2.71. The molecule has 0 amide bonds. The molecule has 160 valence electrons. The van der Waals surface area contributed by atoms with E-state index >= 15 is 0 Å². The number of benzene rings is 3. The third kappa shape index (κ3) is 3.75. The van der Waals surface area contributed by atoms with Crippen LogP contribution in [0.5, 0.6) is 0 Å². The number of carboxylic acid groups (broad SMARTS) is 1. The Balaban J connectivity index is 1.81. The zero-order valence-corrected chi connectivity index (χ0v) is 19.4. The molecule has 1 aliphatic carbocycles. The molecular formula is C27H30O3Si. The van der Waals surface area contributed by atoms with Crippen LogP contribution < -0.4 is 10.4 Å². The van der Waals surface area contributed by atoms with Gasteiger partial charge in [0.15, 0.2) is 0 Å². The quantitative estimate of drug-likeness (QED) is 0.557. The lowest BCUT2D eigenvalue weighted by molar-refractivity contribution is -0.139. The molecule has 3 aromatic rings. The minimum Gasteiger partial charge on any atom is -0.481 e. The molecule has 3 nitrogen and oxygen atoms in total. The first-order valence-electron chi connectivity index (χ1n) is 10.8. The smallest absolute Gasteiger partial charge is 0.307 e. The van der Waals surface area contributed by atoms with Gasteiger partial charge in [-0.25, -0.2) is 0 Å². The number of rotatable bonds is 7. The average molecular weight is 431 g/mol. The van der Waals surface area contributed by atoms with Crippen LogP contribution in [0.15, 0.2) is 91.0 Å². The SMILES string of the molecule is CC(C)(C)[Si](OC[C@@]1(c2ccccc2)C[C@H]1C(=O)O)(c1ccccc1)c1ccccc1. The maximum atomic E-state index is 12.0. The summed E-state index contributed by atoms with van der Waals surface area (Å²) in [6, 6.07) is 31.0. The van der Waals surface area contributed by atoms with Crippen molar-refractivity contribution in [2.45, 2.75) is 37.6 Å². The summed E-state index contributed by atoms with van der Waals surface area (Å²) >= 11 is 0. The molecule has 0 bridgehead atoms. The fourth-order valence-corrected chi connectivity index (χ4v) is 9.59. The Hall–Kier alpha value is -2.69. The highest BCUT2D eigenvalue weighted by Gasteiger charge is 2.61. The second kappa shape index (κ2) is 8.10. The van der Waals surface area contributed by atoms with Crippen molar-refractivity contribution in [3.05, 3.63) is 96.6 Å². The fourth-order valence-electron chi connectivity index (χ4n) is 4.96. The molecule has 1 aliphatic rings. The molecule has 0 spiro atoms. The first kappa shape index (κ1) is 21.5. The van der Waals surface area contributed by atoms with Gasteiger partial charge in [0.1, 0.15) is 0 Å². The highest BCUT2D eigenvalue weighted by molar-refractivity contribution is 6.99. The third-order valence-corrected chi connectivity index (χ3v) is 11.7. The highest BCUT2D eigenvalue weighted by atomic mass is 28.4. The predicted octanol–water partition coefficient (Wildman–Crippen LogP) is 4.61. The maximum absolute atomic E-state index is 12.0. The van der Waals surface area contributed by atoms with E-state index in [4.69, 9.17) is 4.43 Å². The van der Waals surface area contributed by atoms with E-state index in [0.717, 1.165) is 5.56 Å². The first-order chi connectivity index (χ1) is 14.8. The monoisotopic (exact) mass is 430 g/mol. The van der Waals surface area contributed by atoms with E-state index < -0.39 is 25.6 Å². The lowest BCUT2D eigenvalue weighted by atomic mass is 9.94. The minimum atomic E-state index is -2.71. The maximum Gasteiger partial charge on any atom is 0.307 e. The summed E-state index contributed by atoms with van der Waals surface area (Å²) in [4.78, 5) is 12.0.